The number of hydrogen-bond donors (Lipinski definition) is 1. The molecular weight excluding hydrogens is 257 g/mol. The number of nitrogens with one attached hydrogen (secondary N) is 1. The first-order chi connectivity index (χ1) is 9.05. The van der Waals surface area contributed by atoms with Crippen LogP contribution in [0.3, 0.4) is 0 Å². The normalized spacial score (nSPS) is 16.1. The van der Waals surface area contributed by atoms with E-state index in [1.54, 1.807) is 0 Å². The number of rotatable bonds is 4. The number of aromatic nitrogens is 1. The van der Waals surface area contributed by atoms with Crippen LogP contribution in [-0.4, -0.2) is 24.7 Å². The summed E-state index contributed by atoms with van der Waals surface area (Å²) in [5, 5.41) is 3.01. The monoisotopic (exact) mass is 272 g/mol. The first-order valence-corrected chi connectivity index (χ1v) is 6.08. The fourth-order valence-electron chi connectivity index (χ4n) is 1.81. The fraction of sp³-hybridized carbons (Fsp3) is 0.462. The van der Waals surface area contributed by atoms with Crippen molar-refractivity contribution >= 4 is 5.82 Å². The van der Waals surface area contributed by atoms with E-state index in [1.165, 1.54) is 11.6 Å². The van der Waals surface area contributed by atoms with Gasteiger partial charge in [-0.1, -0.05) is 11.6 Å². The lowest BCUT2D eigenvalue weighted by atomic mass is 10.1. The summed E-state index contributed by atoms with van der Waals surface area (Å²) in [7, 11) is 0. The summed E-state index contributed by atoms with van der Waals surface area (Å²) in [4.78, 5) is 3.75. The molecule has 2 heterocycles. The topological polar surface area (TPSA) is 34.1 Å². The lowest BCUT2D eigenvalue weighted by Crippen LogP contribution is -2.10. The highest BCUT2D eigenvalue weighted by molar-refractivity contribution is 5.36. The molecule has 0 saturated heterocycles. The highest BCUT2D eigenvalue weighted by atomic mass is 19.4. The van der Waals surface area contributed by atoms with Crippen LogP contribution in [0.25, 0.3) is 0 Å². The minimum Gasteiger partial charge on any atom is -0.377 e. The lowest BCUT2D eigenvalue weighted by molar-refractivity contribution is -0.137. The van der Waals surface area contributed by atoms with Crippen molar-refractivity contribution in [3.63, 3.8) is 0 Å². The van der Waals surface area contributed by atoms with Gasteiger partial charge in [0.05, 0.1) is 18.8 Å². The Labute approximate surface area is 109 Å². The molecule has 0 aliphatic carbocycles. The molecule has 1 aliphatic heterocycles. The molecule has 1 N–H and O–H groups in total. The van der Waals surface area contributed by atoms with Gasteiger partial charge in [-0.05, 0) is 25.0 Å². The first kappa shape index (κ1) is 13.9. The summed E-state index contributed by atoms with van der Waals surface area (Å²) in [5.41, 5.74) is 0.579. The van der Waals surface area contributed by atoms with Crippen molar-refractivity contribution in [1.82, 2.24) is 4.98 Å². The van der Waals surface area contributed by atoms with Crippen molar-refractivity contribution in [2.45, 2.75) is 19.0 Å². The van der Waals surface area contributed by atoms with Gasteiger partial charge in [0, 0.05) is 12.7 Å². The van der Waals surface area contributed by atoms with Gasteiger partial charge >= 0.3 is 6.18 Å². The maximum atomic E-state index is 12.3. The minimum atomic E-state index is -4.33. The Kier molecular flexibility index (Phi) is 4.42. The number of alkyl halides is 3. The predicted molar refractivity (Wildman–Crippen MR) is 65.9 cm³/mol. The van der Waals surface area contributed by atoms with Crippen molar-refractivity contribution in [3.05, 3.63) is 35.5 Å². The van der Waals surface area contributed by atoms with Crippen LogP contribution in [0.5, 0.6) is 0 Å². The van der Waals surface area contributed by atoms with E-state index < -0.39 is 11.7 Å². The zero-order valence-electron chi connectivity index (χ0n) is 10.3. The first-order valence-electron chi connectivity index (χ1n) is 6.08. The average Bonchev–Trinajstić information content (AvgIpc) is 2.39. The third kappa shape index (κ3) is 4.24. The molecule has 0 fully saturated rings. The van der Waals surface area contributed by atoms with E-state index in [9.17, 15) is 13.2 Å². The number of ether oxygens (including phenoxy) is 1. The third-order valence-electron chi connectivity index (χ3n) is 2.90. The molecule has 1 aliphatic rings. The molecule has 0 atom stereocenters. The van der Waals surface area contributed by atoms with Crippen molar-refractivity contribution < 1.29 is 17.9 Å². The largest absolute Gasteiger partial charge is 0.417 e. The summed E-state index contributed by atoms with van der Waals surface area (Å²) >= 11 is 0. The zero-order chi connectivity index (χ0) is 13.7. The van der Waals surface area contributed by atoms with Crippen molar-refractivity contribution in [3.8, 4) is 0 Å². The summed E-state index contributed by atoms with van der Waals surface area (Å²) in [5.74, 6) is 0.459. The minimum absolute atomic E-state index is 0.459. The highest BCUT2D eigenvalue weighted by Gasteiger charge is 2.30. The Morgan fingerprint density at radius 1 is 1.32 bits per heavy atom. The Hall–Kier alpha value is -1.56. The third-order valence-corrected chi connectivity index (χ3v) is 2.90. The number of hydrogen-bond acceptors (Lipinski definition) is 3. The van der Waals surface area contributed by atoms with Crippen LogP contribution < -0.4 is 5.32 Å². The second kappa shape index (κ2) is 6.06. The number of anilines is 1. The molecule has 19 heavy (non-hydrogen) atoms. The smallest absolute Gasteiger partial charge is 0.377 e. The van der Waals surface area contributed by atoms with Crippen LogP contribution in [0.2, 0.25) is 0 Å². The Morgan fingerprint density at radius 3 is 2.74 bits per heavy atom. The van der Waals surface area contributed by atoms with E-state index in [-0.39, 0.29) is 0 Å². The van der Waals surface area contributed by atoms with Crippen LogP contribution >= 0.6 is 0 Å². The van der Waals surface area contributed by atoms with Gasteiger partial charge in [0.15, 0.2) is 0 Å². The second-order valence-corrected chi connectivity index (χ2v) is 4.29. The lowest BCUT2D eigenvalue weighted by Gasteiger charge is -2.14. The average molecular weight is 272 g/mol. The standard InChI is InChI=1S/C13H15F3N2O/c14-13(15,16)11-1-2-12(18-9-11)17-6-3-10-4-7-19-8-5-10/h1-2,4,9H,3,5-8H2,(H,17,18). The quantitative estimate of drug-likeness (QED) is 0.854. The van der Waals surface area contributed by atoms with E-state index >= 15 is 0 Å². The predicted octanol–water partition coefficient (Wildman–Crippen LogP) is 3.25. The van der Waals surface area contributed by atoms with E-state index in [1.807, 2.05) is 6.08 Å². The van der Waals surface area contributed by atoms with Gasteiger partial charge in [-0.15, -0.1) is 0 Å². The van der Waals surface area contributed by atoms with Crippen LogP contribution in [-0.2, 0) is 10.9 Å². The fourth-order valence-corrected chi connectivity index (χ4v) is 1.81. The molecular formula is C13H15F3N2O. The molecule has 3 nitrogen and oxygen atoms in total. The Morgan fingerprint density at radius 2 is 2.16 bits per heavy atom. The van der Waals surface area contributed by atoms with Crippen LogP contribution in [0, 0.1) is 0 Å². The van der Waals surface area contributed by atoms with E-state index in [0.717, 1.165) is 31.7 Å². The molecule has 0 bridgehead atoms. The van der Waals surface area contributed by atoms with E-state index in [4.69, 9.17) is 4.74 Å². The second-order valence-electron chi connectivity index (χ2n) is 4.29. The van der Waals surface area contributed by atoms with Gasteiger partial charge in [0.1, 0.15) is 5.82 Å². The molecule has 2 rings (SSSR count). The maximum Gasteiger partial charge on any atom is 0.417 e. The van der Waals surface area contributed by atoms with Crippen LogP contribution in [0.1, 0.15) is 18.4 Å². The highest BCUT2D eigenvalue weighted by Crippen LogP contribution is 2.28. The molecule has 0 aromatic carbocycles. The summed E-state index contributed by atoms with van der Waals surface area (Å²) in [6.45, 7) is 2.04. The van der Waals surface area contributed by atoms with E-state index in [0.29, 0.717) is 19.0 Å². The molecule has 6 heteroatoms. The van der Waals surface area contributed by atoms with Gasteiger partial charge in [0.25, 0.3) is 0 Å². The molecule has 0 saturated carbocycles. The zero-order valence-corrected chi connectivity index (χ0v) is 10.3. The Bertz CT molecular complexity index is 440. The molecule has 104 valence electrons. The van der Waals surface area contributed by atoms with Crippen molar-refractivity contribution in [2.75, 3.05) is 25.1 Å². The maximum absolute atomic E-state index is 12.3. The van der Waals surface area contributed by atoms with Gasteiger partial charge in [-0.3, -0.25) is 0 Å². The van der Waals surface area contributed by atoms with Gasteiger partial charge in [0.2, 0.25) is 0 Å². The van der Waals surface area contributed by atoms with Gasteiger partial charge < -0.3 is 10.1 Å². The van der Waals surface area contributed by atoms with E-state index in [2.05, 4.69) is 10.3 Å². The number of nitrogens with zero attached hydrogens (tertiary/aromatic N) is 1. The van der Waals surface area contributed by atoms with Crippen molar-refractivity contribution in [2.24, 2.45) is 0 Å². The molecule has 1 aromatic heterocycles. The van der Waals surface area contributed by atoms with Crippen molar-refractivity contribution in [1.29, 1.82) is 0 Å². The van der Waals surface area contributed by atoms with Crippen LogP contribution in [0.4, 0.5) is 19.0 Å². The molecule has 0 spiro atoms. The number of pyridine rings is 1. The SMILES string of the molecule is FC(F)(F)c1ccc(NCCC2=CCOCC2)nc1. The molecule has 0 radical (unpaired) electrons. The number of halogens is 3. The molecule has 1 aromatic rings. The summed E-state index contributed by atoms with van der Waals surface area (Å²) < 4.78 is 42.2. The summed E-state index contributed by atoms with van der Waals surface area (Å²) in [6, 6.07) is 2.38. The van der Waals surface area contributed by atoms with Gasteiger partial charge in [-0.25, -0.2) is 4.98 Å². The molecule has 0 amide bonds. The van der Waals surface area contributed by atoms with Gasteiger partial charge in [-0.2, -0.15) is 13.2 Å². The van der Waals surface area contributed by atoms with Crippen LogP contribution in [0.15, 0.2) is 30.0 Å². The molecule has 0 unspecified atom stereocenters. The summed E-state index contributed by atoms with van der Waals surface area (Å²) in [6.07, 6.45) is 0.327. The Balaban J connectivity index is 1.81.